The first-order chi connectivity index (χ1) is 11.7. The van der Waals surface area contributed by atoms with Crippen molar-refractivity contribution >= 4 is 6.09 Å². The Morgan fingerprint density at radius 1 is 1.08 bits per heavy atom. The lowest BCUT2D eigenvalue weighted by molar-refractivity contribution is 0.0904. The molecule has 0 radical (unpaired) electrons. The number of rotatable bonds is 8. The van der Waals surface area contributed by atoms with Crippen molar-refractivity contribution < 1.29 is 9.53 Å². The molecule has 6 heteroatoms. The average molecular weight is 341 g/mol. The molecule has 0 aromatic rings. The van der Waals surface area contributed by atoms with E-state index in [0.29, 0.717) is 0 Å². The Morgan fingerprint density at radius 3 is 2.42 bits per heavy atom. The van der Waals surface area contributed by atoms with Gasteiger partial charge in [-0.2, -0.15) is 0 Å². The van der Waals surface area contributed by atoms with E-state index in [2.05, 4.69) is 22.2 Å². The monoisotopic (exact) mass is 340 g/mol. The molecule has 24 heavy (non-hydrogen) atoms. The van der Waals surface area contributed by atoms with Crippen LogP contribution in [0.1, 0.15) is 38.5 Å². The molecule has 0 aromatic heterocycles. The Bertz CT molecular complexity index is 353. The highest BCUT2D eigenvalue weighted by molar-refractivity contribution is 5.67. The molecule has 2 saturated heterocycles. The molecule has 0 atom stereocenters. The van der Waals surface area contributed by atoms with Crippen molar-refractivity contribution in [3.8, 4) is 0 Å². The molecule has 2 aliphatic rings. The Morgan fingerprint density at radius 2 is 1.75 bits per heavy atom. The van der Waals surface area contributed by atoms with E-state index in [1.807, 2.05) is 0 Å². The Balaban J connectivity index is 1.45. The first kappa shape index (κ1) is 19.5. The van der Waals surface area contributed by atoms with Gasteiger partial charge in [0.2, 0.25) is 0 Å². The Kier molecular flexibility index (Phi) is 8.84. The zero-order chi connectivity index (χ0) is 17.2. The van der Waals surface area contributed by atoms with Gasteiger partial charge >= 0.3 is 6.09 Å². The molecule has 0 bridgehead atoms. The van der Waals surface area contributed by atoms with Crippen LogP contribution in [-0.4, -0.2) is 93.4 Å². The highest BCUT2D eigenvalue weighted by Crippen LogP contribution is 2.12. The van der Waals surface area contributed by atoms with E-state index in [1.54, 1.807) is 4.90 Å². The molecule has 0 aromatic carbocycles. The summed E-state index contributed by atoms with van der Waals surface area (Å²) in [6.45, 7) is 8.32. The predicted molar refractivity (Wildman–Crippen MR) is 97.4 cm³/mol. The zero-order valence-electron chi connectivity index (χ0n) is 15.6. The molecule has 0 unspecified atom stereocenters. The number of methoxy groups -OCH3 is 1. The Hall–Kier alpha value is -0.850. The van der Waals surface area contributed by atoms with Gasteiger partial charge in [0, 0.05) is 32.2 Å². The summed E-state index contributed by atoms with van der Waals surface area (Å²) in [7, 11) is 3.74. The van der Waals surface area contributed by atoms with Gasteiger partial charge in [-0.25, -0.2) is 4.79 Å². The van der Waals surface area contributed by atoms with E-state index >= 15 is 0 Å². The fraction of sp³-hybridized carbons (Fsp3) is 0.944. The molecule has 6 nitrogen and oxygen atoms in total. The molecule has 1 N–H and O–H groups in total. The summed E-state index contributed by atoms with van der Waals surface area (Å²) in [5.41, 5.74) is 0. The number of hydrogen-bond donors (Lipinski definition) is 1. The number of nitrogens with zero attached hydrogens (tertiary/aromatic N) is 3. The predicted octanol–water partition coefficient (Wildman–Crippen LogP) is 1.61. The summed E-state index contributed by atoms with van der Waals surface area (Å²) in [5.74, 6) is 0. The van der Waals surface area contributed by atoms with Gasteiger partial charge in [0.25, 0.3) is 0 Å². The highest BCUT2D eigenvalue weighted by Gasteiger charge is 2.21. The second kappa shape index (κ2) is 10.9. The molecule has 0 saturated carbocycles. The number of hydrogen-bond acceptors (Lipinski definition) is 5. The maximum Gasteiger partial charge on any atom is 0.409 e. The van der Waals surface area contributed by atoms with Crippen LogP contribution in [0.2, 0.25) is 0 Å². The highest BCUT2D eigenvalue weighted by atomic mass is 16.5. The van der Waals surface area contributed by atoms with Crippen LogP contribution in [0.5, 0.6) is 0 Å². The third-order valence-electron chi connectivity index (χ3n) is 5.47. The summed E-state index contributed by atoms with van der Waals surface area (Å²) >= 11 is 0. The molecular weight excluding hydrogens is 304 g/mol. The lowest BCUT2D eigenvalue weighted by atomic mass is 10.0. The second-order valence-corrected chi connectivity index (χ2v) is 7.17. The molecule has 0 spiro atoms. The van der Waals surface area contributed by atoms with Gasteiger partial charge in [-0.1, -0.05) is 12.8 Å². The van der Waals surface area contributed by atoms with Crippen LogP contribution in [0.25, 0.3) is 0 Å². The first-order valence-electron chi connectivity index (χ1n) is 9.67. The van der Waals surface area contributed by atoms with Crippen LogP contribution >= 0.6 is 0 Å². The maximum absolute atomic E-state index is 11.5. The third kappa shape index (κ3) is 6.57. The van der Waals surface area contributed by atoms with Crippen molar-refractivity contribution in [3.05, 3.63) is 0 Å². The molecule has 1 amide bonds. The number of carbonyl (C=O) groups is 1. The normalized spacial score (nSPS) is 20.5. The third-order valence-corrected chi connectivity index (χ3v) is 5.47. The number of nitrogens with one attached hydrogen (secondary N) is 1. The number of piperidine rings is 1. The van der Waals surface area contributed by atoms with Gasteiger partial charge in [0.05, 0.1) is 7.11 Å². The minimum atomic E-state index is -0.187. The zero-order valence-corrected chi connectivity index (χ0v) is 15.6. The van der Waals surface area contributed by atoms with Crippen molar-refractivity contribution in [3.63, 3.8) is 0 Å². The molecular formula is C18H36N4O2. The van der Waals surface area contributed by atoms with Gasteiger partial charge in [-0.15, -0.1) is 0 Å². The number of carbonyl (C=O) groups excluding carboxylic acids is 1. The second-order valence-electron chi connectivity index (χ2n) is 7.17. The minimum absolute atomic E-state index is 0.187. The van der Waals surface area contributed by atoms with Gasteiger partial charge in [-0.05, 0) is 58.9 Å². The summed E-state index contributed by atoms with van der Waals surface area (Å²) < 4.78 is 4.77. The molecule has 2 heterocycles. The SMILES string of the molecule is COC(=O)N1CCN(CCCCCCN(C)C2CCNCC2)CC1. The largest absolute Gasteiger partial charge is 0.453 e. The Labute approximate surface area is 147 Å². The van der Waals surface area contributed by atoms with Gasteiger partial charge in [0.15, 0.2) is 0 Å². The number of piperazine rings is 1. The van der Waals surface area contributed by atoms with Crippen molar-refractivity contribution in [1.82, 2.24) is 20.0 Å². The molecule has 2 rings (SSSR count). The van der Waals surface area contributed by atoms with Crippen LogP contribution in [-0.2, 0) is 4.74 Å². The van der Waals surface area contributed by atoms with E-state index in [4.69, 9.17) is 4.74 Å². The van der Waals surface area contributed by atoms with E-state index in [9.17, 15) is 4.79 Å². The molecule has 2 aliphatic heterocycles. The van der Waals surface area contributed by atoms with Crippen molar-refractivity contribution in [2.45, 2.75) is 44.6 Å². The minimum Gasteiger partial charge on any atom is -0.453 e. The smallest absolute Gasteiger partial charge is 0.409 e. The van der Waals surface area contributed by atoms with Crippen LogP contribution in [0.15, 0.2) is 0 Å². The van der Waals surface area contributed by atoms with Crippen LogP contribution in [0.3, 0.4) is 0 Å². The molecule has 0 aliphatic carbocycles. The standard InChI is InChI=1S/C18H36N4O2/c1-20(17-7-9-19-10-8-17)11-5-3-4-6-12-21-13-15-22(16-14-21)18(23)24-2/h17,19H,3-16H2,1-2H3. The van der Waals surface area contributed by atoms with Crippen molar-refractivity contribution in [2.75, 3.05) is 66.5 Å². The fourth-order valence-electron chi connectivity index (χ4n) is 3.76. The average Bonchev–Trinajstić information content (AvgIpc) is 2.65. The summed E-state index contributed by atoms with van der Waals surface area (Å²) in [6, 6.07) is 0.789. The number of unbranched alkanes of at least 4 members (excludes halogenated alkanes) is 3. The summed E-state index contributed by atoms with van der Waals surface area (Å²) in [5, 5.41) is 3.44. The lowest BCUT2D eigenvalue weighted by Gasteiger charge is -2.33. The van der Waals surface area contributed by atoms with E-state index in [-0.39, 0.29) is 6.09 Å². The van der Waals surface area contributed by atoms with Crippen LogP contribution in [0, 0.1) is 0 Å². The van der Waals surface area contributed by atoms with Crippen molar-refractivity contribution in [1.29, 1.82) is 0 Å². The van der Waals surface area contributed by atoms with Crippen molar-refractivity contribution in [2.24, 2.45) is 0 Å². The first-order valence-corrected chi connectivity index (χ1v) is 9.67. The van der Waals surface area contributed by atoms with E-state index < -0.39 is 0 Å². The topological polar surface area (TPSA) is 48.1 Å². The fourth-order valence-corrected chi connectivity index (χ4v) is 3.76. The molecule has 2 fully saturated rings. The van der Waals surface area contributed by atoms with E-state index in [1.165, 1.54) is 71.8 Å². The van der Waals surface area contributed by atoms with E-state index in [0.717, 1.165) is 32.2 Å². The van der Waals surface area contributed by atoms with Gasteiger partial charge in [-0.3, -0.25) is 4.90 Å². The summed E-state index contributed by atoms with van der Waals surface area (Å²) in [6.07, 6.45) is 7.65. The quantitative estimate of drug-likeness (QED) is 0.681. The van der Waals surface area contributed by atoms with Gasteiger partial charge < -0.3 is 19.9 Å². The lowest BCUT2D eigenvalue weighted by Crippen LogP contribution is -2.48. The molecule has 140 valence electrons. The van der Waals surface area contributed by atoms with Gasteiger partial charge in [0.1, 0.15) is 0 Å². The van der Waals surface area contributed by atoms with Crippen LogP contribution in [0.4, 0.5) is 4.79 Å². The number of ether oxygens (including phenoxy) is 1. The van der Waals surface area contributed by atoms with Crippen LogP contribution < -0.4 is 5.32 Å². The summed E-state index contributed by atoms with van der Waals surface area (Å²) in [4.78, 5) is 18.3. The number of amides is 1. The maximum atomic E-state index is 11.5.